The molecule has 1 N–H and O–H groups in total. The van der Waals surface area contributed by atoms with E-state index in [4.69, 9.17) is 4.74 Å². The Balaban J connectivity index is 1.72. The van der Waals surface area contributed by atoms with E-state index in [0.29, 0.717) is 24.9 Å². The molecule has 0 radical (unpaired) electrons. The maximum atomic E-state index is 13.3. The maximum absolute atomic E-state index is 13.3. The quantitative estimate of drug-likeness (QED) is 0.903. The van der Waals surface area contributed by atoms with E-state index >= 15 is 0 Å². The monoisotopic (exact) mass is 350 g/mol. The summed E-state index contributed by atoms with van der Waals surface area (Å²) in [4.78, 5) is 15.9. The van der Waals surface area contributed by atoms with Crippen LogP contribution in [0.3, 0.4) is 0 Å². The Bertz CT molecular complexity index is 606. The summed E-state index contributed by atoms with van der Waals surface area (Å²) >= 11 is 0. The van der Waals surface area contributed by atoms with Crippen molar-refractivity contribution in [2.24, 2.45) is 0 Å². The van der Waals surface area contributed by atoms with Gasteiger partial charge in [-0.2, -0.15) is 0 Å². The minimum absolute atomic E-state index is 0.0312. The van der Waals surface area contributed by atoms with E-state index in [-0.39, 0.29) is 24.9 Å². The zero-order valence-corrected chi connectivity index (χ0v) is 14.8. The smallest absolute Gasteiger partial charge is 0.219 e. The number of ether oxygens (including phenoxy) is 1. The highest BCUT2D eigenvalue weighted by Crippen LogP contribution is 2.27. The lowest BCUT2D eigenvalue weighted by Gasteiger charge is -2.35. The zero-order valence-electron chi connectivity index (χ0n) is 14.8. The van der Waals surface area contributed by atoms with Crippen molar-refractivity contribution in [1.29, 1.82) is 0 Å². The lowest BCUT2D eigenvalue weighted by molar-refractivity contribution is -0.132. The fraction of sp³-hybridized carbons (Fsp3) is 0.632. The molecule has 3 rings (SSSR count). The summed E-state index contributed by atoms with van der Waals surface area (Å²) in [5.74, 6) is -0.0276. The average Bonchev–Trinajstić information content (AvgIpc) is 3.04. The molecule has 1 amide bonds. The third-order valence-electron chi connectivity index (χ3n) is 5.23. The van der Waals surface area contributed by atoms with Crippen LogP contribution >= 0.6 is 0 Å². The summed E-state index contributed by atoms with van der Waals surface area (Å²) in [5.41, 5.74) is -1.17. The van der Waals surface area contributed by atoms with E-state index < -0.39 is 5.60 Å². The Kier molecular flexibility index (Phi) is 5.59. The number of rotatable bonds is 4. The molecular weight excluding hydrogens is 323 g/mol. The molecule has 0 spiro atoms. The van der Waals surface area contributed by atoms with Crippen molar-refractivity contribution >= 4 is 5.91 Å². The number of halogens is 1. The van der Waals surface area contributed by atoms with Gasteiger partial charge in [0.2, 0.25) is 5.91 Å². The van der Waals surface area contributed by atoms with Gasteiger partial charge < -0.3 is 14.7 Å². The molecule has 2 aliphatic rings. The Morgan fingerprint density at radius 3 is 2.76 bits per heavy atom. The molecule has 1 aliphatic carbocycles. The van der Waals surface area contributed by atoms with Crippen LogP contribution in [-0.4, -0.2) is 65.2 Å². The van der Waals surface area contributed by atoms with E-state index in [1.165, 1.54) is 31.9 Å². The number of hydrogen-bond acceptors (Lipinski definition) is 4. The second-order valence-corrected chi connectivity index (χ2v) is 7.32. The molecule has 5 nitrogen and oxygen atoms in total. The van der Waals surface area contributed by atoms with Gasteiger partial charge >= 0.3 is 0 Å². The molecule has 25 heavy (non-hydrogen) atoms. The topological polar surface area (TPSA) is 53.0 Å². The van der Waals surface area contributed by atoms with Gasteiger partial charge in [-0.15, -0.1) is 0 Å². The fourth-order valence-electron chi connectivity index (χ4n) is 3.91. The van der Waals surface area contributed by atoms with Crippen LogP contribution in [0.2, 0.25) is 0 Å². The third-order valence-corrected chi connectivity index (χ3v) is 5.23. The third kappa shape index (κ3) is 4.70. The van der Waals surface area contributed by atoms with Gasteiger partial charge in [0.15, 0.2) is 0 Å². The second-order valence-electron chi connectivity index (χ2n) is 7.32. The molecule has 138 valence electrons. The van der Waals surface area contributed by atoms with Gasteiger partial charge in [-0.25, -0.2) is 4.39 Å². The van der Waals surface area contributed by atoms with Crippen molar-refractivity contribution in [2.45, 2.75) is 44.2 Å². The molecule has 1 aliphatic heterocycles. The van der Waals surface area contributed by atoms with Gasteiger partial charge in [0.1, 0.15) is 23.8 Å². The number of β-amino-alcohol motifs (C(OH)–C–C–N with tert-alkyl or cyclic N) is 1. The lowest BCUT2D eigenvalue weighted by Crippen LogP contribution is -2.53. The maximum Gasteiger partial charge on any atom is 0.219 e. The molecule has 1 saturated heterocycles. The van der Waals surface area contributed by atoms with Crippen LogP contribution in [0.5, 0.6) is 5.75 Å². The normalized spacial score (nSPS) is 25.8. The van der Waals surface area contributed by atoms with Crippen LogP contribution in [0.1, 0.15) is 32.6 Å². The molecule has 0 bridgehead atoms. The van der Waals surface area contributed by atoms with Gasteiger partial charge in [0, 0.05) is 38.7 Å². The lowest BCUT2D eigenvalue weighted by atomic mass is 10.0. The largest absolute Gasteiger partial charge is 0.490 e. The molecule has 0 unspecified atom stereocenters. The number of nitrogens with zero attached hydrogens (tertiary/aromatic N) is 2. The number of aliphatic hydroxyl groups is 1. The van der Waals surface area contributed by atoms with E-state index in [2.05, 4.69) is 4.90 Å². The van der Waals surface area contributed by atoms with Crippen LogP contribution in [0.4, 0.5) is 4.39 Å². The van der Waals surface area contributed by atoms with Crippen molar-refractivity contribution in [3.05, 3.63) is 30.1 Å². The minimum Gasteiger partial charge on any atom is -0.490 e. The molecule has 1 heterocycles. The summed E-state index contributed by atoms with van der Waals surface area (Å²) in [6.07, 6.45) is 4.72. The first-order valence-electron chi connectivity index (χ1n) is 9.05. The van der Waals surface area contributed by atoms with Crippen LogP contribution in [-0.2, 0) is 4.79 Å². The summed E-state index contributed by atoms with van der Waals surface area (Å²) in [7, 11) is 0. The number of carbonyl (C=O) groups excluding carboxylic acids is 1. The predicted molar refractivity (Wildman–Crippen MR) is 92.9 cm³/mol. The Morgan fingerprint density at radius 2 is 2.08 bits per heavy atom. The Morgan fingerprint density at radius 1 is 1.32 bits per heavy atom. The van der Waals surface area contributed by atoms with Crippen molar-refractivity contribution in [2.75, 3.05) is 32.8 Å². The van der Waals surface area contributed by atoms with Crippen molar-refractivity contribution in [1.82, 2.24) is 9.80 Å². The van der Waals surface area contributed by atoms with Crippen LogP contribution in [0.25, 0.3) is 0 Å². The van der Waals surface area contributed by atoms with Crippen molar-refractivity contribution < 1.29 is 19.0 Å². The molecular formula is C19H27FN2O3. The molecule has 2 fully saturated rings. The van der Waals surface area contributed by atoms with E-state index in [1.54, 1.807) is 17.0 Å². The number of amides is 1. The molecule has 1 atom stereocenters. The van der Waals surface area contributed by atoms with E-state index in [1.807, 2.05) is 0 Å². The summed E-state index contributed by atoms with van der Waals surface area (Å²) in [5, 5.41) is 11.2. The zero-order chi connectivity index (χ0) is 17.9. The highest BCUT2D eigenvalue weighted by molar-refractivity contribution is 5.73. The Labute approximate surface area is 148 Å². The average molecular weight is 350 g/mol. The molecule has 1 aromatic carbocycles. The molecule has 6 heteroatoms. The number of carbonyl (C=O) groups is 1. The van der Waals surface area contributed by atoms with Gasteiger partial charge in [-0.1, -0.05) is 18.9 Å². The highest BCUT2D eigenvalue weighted by Gasteiger charge is 2.39. The first-order valence-corrected chi connectivity index (χ1v) is 9.05. The molecule has 1 saturated carbocycles. The second kappa shape index (κ2) is 7.70. The van der Waals surface area contributed by atoms with Crippen molar-refractivity contribution in [3.63, 3.8) is 0 Å². The van der Waals surface area contributed by atoms with E-state index in [0.717, 1.165) is 19.4 Å². The summed E-state index contributed by atoms with van der Waals surface area (Å²) < 4.78 is 19.0. The van der Waals surface area contributed by atoms with E-state index in [9.17, 15) is 14.3 Å². The van der Waals surface area contributed by atoms with Gasteiger partial charge in [0.25, 0.3) is 0 Å². The molecule has 0 aromatic heterocycles. The fourth-order valence-corrected chi connectivity index (χ4v) is 3.91. The number of benzene rings is 1. The van der Waals surface area contributed by atoms with Crippen LogP contribution < -0.4 is 4.74 Å². The van der Waals surface area contributed by atoms with Crippen molar-refractivity contribution in [3.8, 4) is 5.75 Å². The standard InChI is InChI=1S/C19H27FN2O3/c1-15(23)21-9-10-22(17-6-2-3-7-17)13-19(24,12-21)14-25-18-8-4-5-16(20)11-18/h4-5,8,11,17,24H,2-3,6-7,9-10,12-14H2,1H3/t19-/m1/s1. The van der Waals surface area contributed by atoms with Gasteiger partial charge in [-0.3, -0.25) is 9.69 Å². The highest BCUT2D eigenvalue weighted by atomic mass is 19.1. The SMILES string of the molecule is CC(=O)N1CCN(C2CCCC2)C[C@@](O)(COc2cccc(F)c2)C1. The summed E-state index contributed by atoms with van der Waals surface area (Å²) in [6, 6.07) is 6.37. The van der Waals surface area contributed by atoms with Gasteiger partial charge in [0.05, 0.1) is 6.54 Å². The first kappa shape index (κ1) is 18.1. The Hall–Kier alpha value is -1.66. The van der Waals surface area contributed by atoms with Crippen LogP contribution in [0.15, 0.2) is 24.3 Å². The van der Waals surface area contributed by atoms with Crippen LogP contribution in [0, 0.1) is 5.82 Å². The summed E-state index contributed by atoms with van der Waals surface area (Å²) in [6.45, 7) is 3.65. The predicted octanol–water partition coefficient (Wildman–Crippen LogP) is 2.04. The molecule has 1 aromatic rings. The first-order chi connectivity index (χ1) is 12.0. The van der Waals surface area contributed by atoms with Gasteiger partial charge in [-0.05, 0) is 25.0 Å². The number of hydrogen-bond donors (Lipinski definition) is 1. The minimum atomic E-state index is -1.17.